The minimum absolute atomic E-state index is 0.590. The molecule has 3 atom stereocenters. The summed E-state index contributed by atoms with van der Waals surface area (Å²) in [5, 5.41) is 3.62. The van der Waals surface area contributed by atoms with Crippen LogP contribution in [-0.4, -0.2) is 11.0 Å². The molecule has 1 saturated carbocycles. The molecular weight excluding hydrogens is 276 g/mol. The molecule has 1 N–H and O–H groups in total. The molecule has 2 nitrogen and oxygen atoms in total. The SMILES string of the molecule is CCC1CCC(Nc2ncc(Br)cc2C)C1C. The molecule has 0 aromatic carbocycles. The summed E-state index contributed by atoms with van der Waals surface area (Å²) in [7, 11) is 0. The summed E-state index contributed by atoms with van der Waals surface area (Å²) in [4.78, 5) is 4.47. The Labute approximate surface area is 112 Å². The quantitative estimate of drug-likeness (QED) is 0.895. The van der Waals surface area contributed by atoms with Gasteiger partial charge in [0.25, 0.3) is 0 Å². The summed E-state index contributed by atoms with van der Waals surface area (Å²) in [6, 6.07) is 2.71. The zero-order valence-electron chi connectivity index (χ0n) is 10.8. The Bertz CT molecular complexity index is 392. The molecule has 3 unspecified atom stereocenters. The predicted octanol–water partition coefficient (Wildman–Crippen LogP) is 4.39. The Kier molecular flexibility index (Phi) is 4.08. The molecule has 1 fully saturated rings. The molecular formula is C14H21BrN2. The van der Waals surface area contributed by atoms with Gasteiger partial charge in [0.1, 0.15) is 5.82 Å². The number of hydrogen-bond acceptors (Lipinski definition) is 2. The fraction of sp³-hybridized carbons (Fsp3) is 0.643. The summed E-state index contributed by atoms with van der Waals surface area (Å²) in [5.41, 5.74) is 1.21. The molecule has 94 valence electrons. The first-order valence-corrected chi connectivity index (χ1v) is 7.29. The van der Waals surface area contributed by atoms with Crippen molar-refractivity contribution in [3.05, 3.63) is 22.3 Å². The number of rotatable bonds is 3. The monoisotopic (exact) mass is 296 g/mol. The summed E-state index contributed by atoms with van der Waals surface area (Å²) < 4.78 is 1.05. The second kappa shape index (κ2) is 5.38. The molecule has 1 aromatic rings. The van der Waals surface area contributed by atoms with E-state index in [2.05, 4.69) is 53.1 Å². The Balaban J connectivity index is 2.06. The lowest BCUT2D eigenvalue weighted by Crippen LogP contribution is -2.25. The van der Waals surface area contributed by atoms with Gasteiger partial charge in [-0.25, -0.2) is 4.98 Å². The average Bonchev–Trinajstić information content (AvgIpc) is 2.64. The van der Waals surface area contributed by atoms with E-state index in [-0.39, 0.29) is 0 Å². The van der Waals surface area contributed by atoms with Crippen LogP contribution in [0.4, 0.5) is 5.82 Å². The van der Waals surface area contributed by atoms with Crippen LogP contribution in [0.2, 0.25) is 0 Å². The van der Waals surface area contributed by atoms with Gasteiger partial charge in [0, 0.05) is 16.7 Å². The minimum Gasteiger partial charge on any atom is -0.367 e. The highest BCUT2D eigenvalue weighted by atomic mass is 79.9. The summed E-state index contributed by atoms with van der Waals surface area (Å²) in [6.07, 6.45) is 5.79. The molecule has 1 aromatic heterocycles. The maximum absolute atomic E-state index is 4.47. The molecule has 3 heteroatoms. The Morgan fingerprint density at radius 3 is 2.82 bits per heavy atom. The molecule has 0 bridgehead atoms. The third kappa shape index (κ3) is 2.82. The second-order valence-corrected chi connectivity index (χ2v) is 6.09. The van der Waals surface area contributed by atoms with Crippen molar-refractivity contribution in [3.63, 3.8) is 0 Å². The first kappa shape index (κ1) is 12.9. The second-order valence-electron chi connectivity index (χ2n) is 5.17. The van der Waals surface area contributed by atoms with Crippen molar-refractivity contribution >= 4 is 21.7 Å². The highest BCUT2D eigenvalue weighted by Gasteiger charge is 2.31. The first-order valence-electron chi connectivity index (χ1n) is 6.50. The number of anilines is 1. The molecule has 1 aliphatic carbocycles. The van der Waals surface area contributed by atoms with Gasteiger partial charge in [-0.05, 0) is 59.2 Å². The van der Waals surface area contributed by atoms with Gasteiger partial charge in [-0.3, -0.25) is 0 Å². The highest BCUT2D eigenvalue weighted by molar-refractivity contribution is 9.10. The summed E-state index contributed by atoms with van der Waals surface area (Å²) in [5.74, 6) is 2.68. The van der Waals surface area contributed by atoms with E-state index < -0.39 is 0 Å². The third-order valence-corrected chi connectivity index (χ3v) is 4.55. The molecule has 0 aliphatic heterocycles. The summed E-state index contributed by atoms with van der Waals surface area (Å²) in [6.45, 7) is 6.77. The number of aromatic nitrogens is 1. The minimum atomic E-state index is 0.590. The zero-order valence-corrected chi connectivity index (χ0v) is 12.4. The Morgan fingerprint density at radius 1 is 1.47 bits per heavy atom. The fourth-order valence-electron chi connectivity index (χ4n) is 2.89. The molecule has 0 amide bonds. The average molecular weight is 297 g/mol. The van der Waals surface area contributed by atoms with Gasteiger partial charge >= 0.3 is 0 Å². The van der Waals surface area contributed by atoms with E-state index in [0.29, 0.717) is 6.04 Å². The third-order valence-electron chi connectivity index (χ3n) is 4.12. The predicted molar refractivity (Wildman–Crippen MR) is 76.3 cm³/mol. The number of nitrogens with one attached hydrogen (secondary N) is 1. The van der Waals surface area contributed by atoms with Crippen molar-refractivity contribution in [3.8, 4) is 0 Å². The van der Waals surface area contributed by atoms with Gasteiger partial charge in [0.15, 0.2) is 0 Å². The molecule has 0 spiro atoms. The molecule has 1 aliphatic rings. The van der Waals surface area contributed by atoms with E-state index in [4.69, 9.17) is 0 Å². The number of halogens is 1. The highest BCUT2D eigenvalue weighted by Crippen LogP contribution is 2.35. The van der Waals surface area contributed by atoms with Crippen molar-refractivity contribution in [2.75, 3.05) is 5.32 Å². The summed E-state index contributed by atoms with van der Waals surface area (Å²) >= 11 is 3.45. The molecule has 17 heavy (non-hydrogen) atoms. The lowest BCUT2D eigenvalue weighted by Gasteiger charge is -2.22. The van der Waals surface area contributed by atoms with Gasteiger partial charge < -0.3 is 5.32 Å². The van der Waals surface area contributed by atoms with Gasteiger partial charge in [-0.2, -0.15) is 0 Å². The van der Waals surface area contributed by atoms with Crippen LogP contribution in [0.25, 0.3) is 0 Å². The Hall–Kier alpha value is -0.570. The van der Waals surface area contributed by atoms with E-state index >= 15 is 0 Å². The van der Waals surface area contributed by atoms with Gasteiger partial charge in [0.2, 0.25) is 0 Å². The van der Waals surface area contributed by atoms with Gasteiger partial charge in [-0.1, -0.05) is 20.3 Å². The molecule has 0 saturated heterocycles. The van der Waals surface area contributed by atoms with Crippen LogP contribution in [-0.2, 0) is 0 Å². The maximum Gasteiger partial charge on any atom is 0.129 e. The largest absolute Gasteiger partial charge is 0.367 e. The van der Waals surface area contributed by atoms with Crippen LogP contribution in [0.5, 0.6) is 0 Å². The fourth-order valence-corrected chi connectivity index (χ4v) is 3.34. The molecule has 2 rings (SSSR count). The lowest BCUT2D eigenvalue weighted by molar-refractivity contribution is 0.391. The molecule has 1 heterocycles. The standard InChI is InChI=1S/C14H21BrN2/c1-4-11-5-6-13(10(11)3)17-14-9(2)7-12(15)8-16-14/h7-8,10-11,13H,4-6H2,1-3H3,(H,16,17). The van der Waals surface area contributed by atoms with E-state index in [9.17, 15) is 0 Å². The zero-order chi connectivity index (χ0) is 12.4. The van der Waals surface area contributed by atoms with Crippen molar-refractivity contribution in [2.45, 2.75) is 46.1 Å². The van der Waals surface area contributed by atoms with Crippen LogP contribution in [0.15, 0.2) is 16.7 Å². The van der Waals surface area contributed by atoms with Crippen LogP contribution >= 0.6 is 15.9 Å². The van der Waals surface area contributed by atoms with Crippen molar-refractivity contribution in [1.82, 2.24) is 4.98 Å². The van der Waals surface area contributed by atoms with Crippen LogP contribution in [0.3, 0.4) is 0 Å². The topological polar surface area (TPSA) is 24.9 Å². The Morgan fingerprint density at radius 2 is 2.24 bits per heavy atom. The van der Waals surface area contributed by atoms with Crippen molar-refractivity contribution in [2.24, 2.45) is 11.8 Å². The van der Waals surface area contributed by atoms with Crippen molar-refractivity contribution in [1.29, 1.82) is 0 Å². The number of nitrogens with zero attached hydrogens (tertiary/aromatic N) is 1. The van der Waals surface area contributed by atoms with E-state index in [1.165, 1.54) is 24.8 Å². The smallest absolute Gasteiger partial charge is 0.129 e. The van der Waals surface area contributed by atoms with Crippen LogP contribution in [0, 0.1) is 18.8 Å². The van der Waals surface area contributed by atoms with E-state index in [0.717, 1.165) is 22.1 Å². The number of aryl methyl sites for hydroxylation is 1. The van der Waals surface area contributed by atoms with Crippen LogP contribution < -0.4 is 5.32 Å². The van der Waals surface area contributed by atoms with Gasteiger partial charge in [-0.15, -0.1) is 0 Å². The normalized spacial score (nSPS) is 28.4. The lowest BCUT2D eigenvalue weighted by atomic mass is 9.93. The number of pyridine rings is 1. The number of hydrogen-bond donors (Lipinski definition) is 1. The van der Waals surface area contributed by atoms with E-state index in [1.807, 2.05) is 6.20 Å². The van der Waals surface area contributed by atoms with Gasteiger partial charge in [0.05, 0.1) is 0 Å². The maximum atomic E-state index is 4.47. The first-order chi connectivity index (χ1) is 8.11. The van der Waals surface area contributed by atoms with E-state index in [1.54, 1.807) is 0 Å². The van der Waals surface area contributed by atoms with Crippen LogP contribution in [0.1, 0.15) is 38.7 Å². The van der Waals surface area contributed by atoms with Crippen molar-refractivity contribution < 1.29 is 0 Å². The molecule has 0 radical (unpaired) electrons.